The monoisotopic (exact) mass is 254 g/mol. The number of carbonyl (C=O) groups is 1. The van der Waals surface area contributed by atoms with Gasteiger partial charge in [0.05, 0.1) is 10.0 Å². The number of ether oxygens (including phenoxy) is 1. The van der Waals surface area contributed by atoms with Crippen molar-refractivity contribution in [3.05, 3.63) is 33.8 Å². The summed E-state index contributed by atoms with van der Waals surface area (Å²) in [6, 6.07) is 5.52. The van der Waals surface area contributed by atoms with E-state index in [-0.39, 0.29) is 12.2 Å². The Morgan fingerprint density at radius 3 is 3.00 bits per heavy atom. The first-order valence-electron chi connectivity index (χ1n) is 4.03. The molecular weight excluding hydrogens is 248 g/mol. The molecule has 14 heavy (non-hydrogen) atoms. The third-order valence-corrected chi connectivity index (χ3v) is 2.60. The fourth-order valence-electron chi connectivity index (χ4n) is 1.29. The lowest BCUT2D eigenvalue weighted by Gasteiger charge is -2.16. The third-order valence-electron chi connectivity index (χ3n) is 1.97. The van der Waals surface area contributed by atoms with Gasteiger partial charge in [0.2, 0.25) is 0 Å². The Balaban J connectivity index is 2.50. The first-order valence-corrected chi connectivity index (χ1v) is 4.83. The largest absolute Gasteiger partial charge is 0.487 e. The molecule has 4 heteroatoms. The minimum atomic E-state index is -0.935. The zero-order valence-corrected chi connectivity index (χ0v) is 8.74. The molecule has 72 valence electrons. The van der Waals surface area contributed by atoms with Crippen molar-refractivity contribution in [1.29, 1.82) is 0 Å². The van der Waals surface area contributed by atoms with Crippen LogP contribution in [0, 0.1) is 0 Å². The van der Waals surface area contributed by atoms with E-state index in [1.54, 1.807) is 6.08 Å². The fraction of sp³-hybridized carbons (Fsp3) is 0.100. The molecule has 0 bridgehead atoms. The number of hydrogen-bond donors (Lipinski definition) is 1. The zero-order chi connectivity index (χ0) is 10.1. The number of hydrogen-bond acceptors (Lipinski definition) is 2. The summed E-state index contributed by atoms with van der Waals surface area (Å²) in [4.78, 5) is 10.7. The molecule has 0 aliphatic carbocycles. The molecule has 0 amide bonds. The smallest absolute Gasteiger partial charge is 0.335 e. The van der Waals surface area contributed by atoms with Crippen LogP contribution in [0.3, 0.4) is 0 Å². The van der Waals surface area contributed by atoms with Gasteiger partial charge in [0.15, 0.2) is 0 Å². The molecule has 1 aromatic rings. The van der Waals surface area contributed by atoms with Crippen molar-refractivity contribution < 1.29 is 14.6 Å². The summed E-state index contributed by atoms with van der Waals surface area (Å²) < 4.78 is 6.18. The second-order valence-electron chi connectivity index (χ2n) is 2.92. The second kappa shape index (κ2) is 3.46. The molecule has 0 saturated carbocycles. The van der Waals surface area contributed by atoms with Gasteiger partial charge in [-0.15, -0.1) is 0 Å². The van der Waals surface area contributed by atoms with Crippen molar-refractivity contribution in [1.82, 2.24) is 0 Å². The van der Waals surface area contributed by atoms with Crippen LogP contribution in [0.2, 0.25) is 0 Å². The molecule has 0 fully saturated rings. The van der Waals surface area contributed by atoms with E-state index in [4.69, 9.17) is 9.84 Å². The zero-order valence-electron chi connectivity index (χ0n) is 7.16. The maximum atomic E-state index is 10.7. The highest BCUT2D eigenvalue weighted by Crippen LogP contribution is 2.33. The van der Waals surface area contributed by atoms with E-state index in [9.17, 15) is 4.79 Å². The van der Waals surface area contributed by atoms with E-state index in [1.807, 2.05) is 18.2 Å². The van der Waals surface area contributed by atoms with Crippen LogP contribution < -0.4 is 4.74 Å². The van der Waals surface area contributed by atoms with Crippen molar-refractivity contribution in [3.8, 4) is 5.75 Å². The SMILES string of the molecule is O=C(O)C1=Cc2cccc(Br)c2OC1. The number of halogens is 1. The van der Waals surface area contributed by atoms with Crippen LogP contribution in [-0.2, 0) is 4.79 Å². The van der Waals surface area contributed by atoms with Crippen molar-refractivity contribution in [3.63, 3.8) is 0 Å². The quantitative estimate of drug-likeness (QED) is 0.837. The Labute approximate surface area is 89.1 Å². The predicted octanol–water partition coefficient (Wildman–Crippen LogP) is 2.31. The molecule has 1 aromatic carbocycles. The van der Waals surface area contributed by atoms with E-state index in [1.165, 1.54) is 0 Å². The normalized spacial score (nSPS) is 13.9. The lowest BCUT2D eigenvalue weighted by Crippen LogP contribution is -2.14. The summed E-state index contributed by atoms with van der Waals surface area (Å²) in [5.41, 5.74) is 1.07. The topological polar surface area (TPSA) is 46.5 Å². The van der Waals surface area contributed by atoms with Gasteiger partial charge >= 0.3 is 5.97 Å². The Kier molecular flexibility index (Phi) is 2.29. The molecule has 0 saturated heterocycles. The summed E-state index contributed by atoms with van der Waals surface area (Å²) in [5.74, 6) is -0.229. The number of aliphatic carboxylic acids is 1. The van der Waals surface area contributed by atoms with E-state index in [0.29, 0.717) is 5.75 Å². The minimum absolute atomic E-state index is 0.116. The van der Waals surface area contributed by atoms with E-state index >= 15 is 0 Å². The highest BCUT2D eigenvalue weighted by molar-refractivity contribution is 9.10. The van der Waals surface area contributed by atoms with Gasteiger partial charge in [-0.25, -0.2) is 4.79 Å². The second-order valence-corrected chi connectivity index (χ2v) is 3.78. The van der Waals surface area contributed by atoms with Crippen LogP contribution in [0.5, 0.6) is 5.75 Å². The molecule has 1 aliphatic heterocycles. The van der Waals surface area contributed by atoms with E-state index in [2.05, 4.69) is 15.9 Å². The average Bonchev–Trinajstić information content (AvgIpc) is 2.17. The molecule has 0 aromatic heterocycles. The molecule has 1 heterocycles. The molecule has 0 radical (unpaired) electrons. The van der Waals surface area contributed by atoms with E-state index < -0.39 is 5.97 Å². The van der Waals surface area contributed by atoms with Gasteiger partial charge in [0.25, 0.3) is 0 Å². The maximum Gasteiger partial charge on any atom is 0.335 e. The number of carboxylic acids is 1. The Hall–Kier alpha value is -1.29. The molecular formula is C10H7BrO3. The van der Waals surface area contributed by atoms with Crippen LogP contribution >= 0.6 is 15.9 Å². The van der Waals surface area contributed by atoms with Crippen molar-refractivity contribution >= 4 is 28.0 Å². The number of para-hydroxylation sites is 1. The Morgan fingerprint density at radius 1 is 1.50 bits per heavy atom. The minimum Gasteiger partial charge on any atom is -0.487 e. The summed E-state index contributed by atoms with van der Waals surface area (Å²) in [6.07, 6.45) is 1.63. The molecule has 1 aliphatic rings. The maximum absolute atomic E-state index is 10.7. The number of carboxylic acid groups (broad SMARTS) is 1. The first-order chi connectivity index (χ1) is 6.68. The lowest BCUT2D eigenvalue weighted by atomic mass is 10.1. The molecule has 0 spiro atoms. The highest BCUT2D eigenvalue weighted by atomic mass is 79.9. The van der Waals surface area contributed by atoms with Crippen molar-refractivity contribution in [2.75, 3.05) is 6.61 Å². The molecule has 0 unspecified atom stereocenters. The summed E-state index contributed by atoms with van der Waals surface area (Å²) in [7, 11) is 0. The predicted molar refractivity (Wildman–Crippen MR) is 55.2 cm³/mol. The van der Waals surface area contributed by atoms with Gasteiger partial charge in [-0.2, -0.15) is 0 Å². The van der Waals surface area contributed by atoms with Crippen molar-refractivity contribution in [2.45, 2.75) is 0 Å². The van der Waals surface area contributed by atoms with Gasteiger partial charge in [0, 0.05) is 5.56 Å². The average molecular weight is 255 g/mol. The van der Waals surface area contributed by atoms with Crippen LogP contribution in [0.25, 0.3) is 6.08 Å². The number of fused-ring (bicyclic) bond motifs is 1. The van der Waals surface area contributed by atoms with Gasteiger partial charge < -0.3 is 9.84 Å². The first kappa shape index (κ1) is 9.27. The fourth-order valence-corrected chi connectivity index (χ4v) is 1.79. The summed E-state index contributed by atoms with van der Waals surface area (Å²) in [5, 5.41) is 8.77. The Bertz CT molecular complexity index is 423. The van der Waals surface area contributed by atoms with Crippen LogP contribution in [0.15, 0.2) is 28.2 Å². The van der Waals surface area contributed by atoms with Crippen LogP contribution in [0.4, 0.5) is 0 Å². The van der Waals surface area contributed by atoms with Crippen LogP contribution in [-0.4, -0.2) is 17.7 Å². The number of benzene rings is 1. The summed E-state index contributed by atoms with van der Waals surface area (Å²) >= 11 is 3.34. The summed E-state index contributed by atoms with van der Waals surface area (Å²) in [6.45, 7) is 0.116. The lowest BCUT2D eigenvalue weighted by molar-refractivity contribution is -0.132. The van der Waals surface area contributed by atoms with Gasteiger partial charge in [-0.3, -0.25) is 0 Å². The highest BCUT2D eigenvalue weighted by Gasteiger charge is 2.17. The van der Waals surface area contributed by atoms with Crippen molar-refractivity contribution in [2.24, 2.45) is 0 Å². The van der Waals surface area contributed by atoms with Crippen LogP contribution in [0.1, 0.15) is 5.56 Å². The number of rotatable bonds is 1. The van der Waals surface area contributed by atoms with Gasteiger partial charge in [-0.05, 0) is 28.1 Å². The molecule has 0 atom stereocenters. The van der Waals surface area contributed by atoms with E-state index in [0.717, 1.165) is 10.0 Å². The molecule has 2 rings (SSSR count). The standard InChI is InChI=1S/C10H7BrO3/c11-8-3-1-2-6-4-7(10(12)13)5-14-9(6)8/h1-4H,5H2,(H,12,13). The third kappa shape index (κ3) is 1.53. The van der Waals surface area contributed by atoms with Gasteiger partial charge in [-0.1, -0.05) is 12.1 Å². The molecule has 1 N–H and O–H groups in total. The Morgan fingerprint density at radius 2 is 2.29 bits per heavy atom. The van der Waals surface area contributed by atoms with Gasteiger partial charge in [0.1, 0.15) is 12.4 Å². The molecule has 3 nitrogen and oxygen atoms in total.